The first-order chi connectivity index (χ1) is 9.21. The summed E-state index contributed by atoms with van der Waals surface area (Å²) in [6.45, 7) is 7.42. The number of hydrogen-bond donors (Lipinski definition) is 0. The van der Waals surface area contributed by atoms with Crippen LogP contribution in [0, 0.1) is 0 Å². The molecule has 0 amide bonds. The fourth-order valence-electron chi connectivity index (χ4n) is 2.26. The maximum atomic E-state index is 14.0. The van der Waals surface area contributed by atoms with Crippen molar-refractivity contribution in [1.29, 1.82) is 0 Å². The zero-order valence-corrected chi connectivity index (χ0v) is 12.1. The first kappa shape index (κ1) is 14.1. The maximum Gasteiger partial charge on any atom is 0.208 e. The summed E-state index contributed by atoms with van der Waals surface area (Å²) >= 11 is 1.61. The van der Waals surface area contributed by atoms with Crippen LogP contribution in [-0.4, -0.2) is 20.5 Å². The van der Waals surface area contributed by atoms with E-state index in [2.05, 4.69) is 23.6 Å². The molecule has 1 atom stereocenters. The second kappa shape index (κ2) is 6.19. The lowest BCUT2D eigenvalue weighted by Crippen LogP contribution is -2.09. The van der Waals surface area contributed by atoms with Gasteiger partial charge in [0.25, 0.3) is 0 Å². The zero-order chi connectivity index (χ0) is 13.8. The molecule has 0 saturated heterocycles. The van der Waals surface area contributed by atoms with E-state index >= 15 is 0 Å². The van der Waals surface area contributed by atoms with Crippen LogP contribution in [0.25, 0.3) is 0 Å². The summed E-state index contributed by atoms with van der Waals surface area (Å²) in [4.78, 5) is 4.48. The van der Waals surface area contributed by atoms with Crippen LogP contribution in [0.2, 0.25) is 0 Å². The van der Waals surface area contributed by atoms with Gasteiger partial charge in [0, 0.05) is 12.0 Å². The molecule has 3 nitrogen and oxygen atoms in total. The van der Waals surface area contributed by atoms with Crippen LogP contribution < -0.4 is 0 Å². The minimum absolute atomic E-state index is 0.0668. The molecule has 1 unspecified atom stereocenters. The van der Waals surface area contributed by atoms with Gasteiger partial charge in [-0.25, -0.2) is 14.1 Å². The van der Waals surface area contributed by atoms with Gasteiger partial charge in [0.1, 0.15) is 11.7 Å². The largest absolute Gasteiger partial charge is 0.241 e. The van der Waals surface area contributed by atoms with E-state index in [4.69, 9.17) is 0 Å². The molecule has 1 aromatic rings. The molecule has 0 saturated carbocycles. The van der Waals surface area contributed by atoms with E-state index in [1.165, 1.54) is 6.08 Å². The van der Waals surface area contributed by atoms with Crippen molar-refractivity contribution in [2.45, 2.75) is 37.9 Å². The quantitative estimate of drug-likeness (QED) is 0.605. The van der Waals surface area contributed by atoms with Crippen molar-refractivity contribution in [2.24, 2.45) is 0 Å². The molecule has 0 aromatic carbocycles. The van der Waals surface area contributed by atoms with E-state index in [0.717, 1.165) is 29.6 Å². The van der Waals surface area contributed by atoms with Crippen LogP contribution in [-0.2, 0) is 6.42 Å². The number of nitrogens with zero attached hydrogens (tertiary/aromatic N) is 3. The summed E-state index contributed by atoms with van der Waals surface area (Å²) in [6, 6.07) is -0.0668. The highest BCUT2D eigenvalue weighted by Crippen LogP contribution is 2.35. The van der Waals surface area contributed by atoms with Gasteiger partial charge in [-0.1, -0.05) is 43.5 Å². The van der Waals surface area contributed by atoms with E-state index in [1.807, 2.05) is 4.68 Å². The molecule has 2 rings (SSSR count). The van der Waals surface area contributed by atoms with Gasteiger partial charge >= 0.3 is 0 Å². The van der Waals surface area contributed by atoms with Crippen LogP contribution in [0.4, 0.5) is 4.39 Å². The number of allylic oxidation sites excluding steroid dienone is 5. The second-order valence-electron chi connectivity index (χ2n) is 4.24. The predicted octanol–water partition coefficient (Wildman–Crippen LogP) is 3.86. The van der Waals surface area contributed by atoms with Gasteiger partial charge in [-0.3, -0.25) is 0 Å². The highest BCUT2D eigenvalue weighted by Gasteiger charge is 2.29. The molecule has 0 N–H and O–H groups in total. The number of fused-ring (bicyclic) bond motifs is 1. The molecule has 1 aliphatic rings. The third kappa shape index (κ3) is 2.81. The lowest BCUT2D eigenvalue weighted by Gasteiger charge is -2.14. The monoisotopic (exact) mass is 279 g/mol. The van der Waals surface area contributed by atoms with Gasteiger partial charge < -0.3 is 0 Å². The standard InChI is InChI=1S/C14H18FN3S/c1-4-7-10(11(15)5-2)12-8-9-13-16-14(19-6-3)17-18(12)13/h4-5,7,12H,1,6,8-9H2,2-3H3/b10-7+,11-5+. The molecule has 0 spiro atoms. The summed E-state index contributed by atoms with van der Waals surface area (Å²) in [7, 11) is 0. The van der Waals surface area contributed by atoms with Crippen molar-refractivity contribution < 1.29 is 4.39 Å². The van der Waals surface area contributed by atoms with E-state index in [9.17, 15) is 4.39 Å². The van der Waals surface area contributed by atoms with Crippen molar-refractivity contribution in [2.75, 3.05) is 5.75 Å². The Labute approximate surface area is 117 Å². The van der Waals surface area contributed by atoms with Crippen LogP contribution in [0.5, 0.6) is 0 Å². The minimum Gasteiger partial charge on any atom is -0.241 e. The molecule has 0 fully saturated rings. The number of thioether (sulfide) groups is 1. The Balaban J connectivity index is 2.34. The topological polar surface area (TPSA) is 30.7 Å². The zero-order valence-electron chi connectivity index (χ0n) is 11.3. The van der Waals surface area contributed by atoms with Gasteiger partial charge in [0.05, 0.1) is 6.04 Å². The average molecular weight is 279 g/mol. The number of rotatable bonds is 5. The van der Waals surface area contributed by atoms with E-state index < -0.39 is 0 Å². The molecule has 0 aliphatic carbocycles. The van der Waals surface area contributed by atoms with Gasteiger partial charge in [0.15, 0.2) is 0 Å². The first-order valence-electron chi connectivity index (χ1n) is 6.44. The maximum absolute atomic E-state index is 14.0. The number of aromatic nitrogens is 3. The van der Waals surface area contributed by atoms with E-state index in [0.29, 0.717) is 5.57 Å². The third-order valence-electron chi connectivity index (χ3n) is 3.08. The lowest BCUT2D eigenvalue weighted by atomic mass is 10.0. The summed E-state index contributed by atoms with van der Waals surface area (Å²) in [6.07, 6.45) is 6.51. The fraction of sp³-hybridized carbons (Fsp3) is 0.429. The Morgan fingerprint density at radius 2 is 2.42 bits per heavy atom. The average Bonchev–Trinajstić information content (AvgIpc) is 2.95. The van der Waals surface area contributed by atoms with Gasteiger partial charge in [-0.05, 0) is 19.1 Å². The highest BCUT2D eigenvalue weighted by molar-refractivity contribution is 7.99. The molecule has 5 heteroatoms. The van der Waals surface area contributed by atoms with Gasteiger partial charge in [-0.15, -0.1) is 5.10 Å². The summed E-state index contributed by atoms with van der Waals surface area (Å²) in [5, 5.41) is 5.26. The number of hydrogen-bond acceptors (Lipinski definition) is 3. The normalized spacial score (nSPS) is 19.6. The second-order valence-corrected chi connectivity index (χ2v) is 5.47. The Kier molecular flexibility index (Phi) is 4.58. The molecule has 1 aromatic heterocycles. The first-order valence-corrected chi connectivity index (χ1v) is 7.42. The molecular weight excluding hydrogens is 261 g/mol. The molecular formula is C14H18FN3S. The van der Waals surface area contributed by atoms with Crippen molar-refractivity contribution >= 4 is 11.8 Å². The Hall–Kier alpha value is -1.36. The van der Waals surface area contributed by atoms with Crippen molar-refractivity contribution in [3.05, 3.63) is 42.0 Å². The summed E-state index contributed by atoms with van der Waals surface area (Å²) in [5.74, 6) is 1.67. The van der Waals surface area contributed by atoms with Crippen LogP contribution in [0.15, 0.2) is 41.4 Å². The summed E-state index contributed by atoms with van der Waals surface area (Å²) in [5.41, 5.74) is 0.634. The molecule has 1 aliphatic heterocycles. The van der Waals surface area contributed by atoms with Crippen molar-refractivity contribution in [1.82, 2.24) is 14.8 Å². The Morgan fingerprint density at radius 3 is 3.05 bits per heavy atom. The molecule has 2 heterocycles. The molecule has 19 heavy (non-hydrogen) atoms. The summed E-state index contributed by atoms with van der Waals surface area (Å²) < 4.78 is 15.8. The smallest absolute Gasteiger partial charge is 0.208 e. The Morgan fingerprint density at radius 1 is 1.63 bits per heavy atom. The SMILES string of the molecule is C=C/C=C(\C(F)=C/C)C1CCc2nc(SCC)nn21. The van der Waals surface area contributed by atoms with Gasteiger partial charge in [0.2, 0.25) is 5.16 Å². The van der Waals surface area contributed by atoms with E-state index in [1.54, 1.807) is 30.8 Å². The third-order valence-corrected chi connectivity index (χ3v) is 3.80. The molecule has 102 valence electrons. The molecule has 0 radical (unpaired) electrons. The minimum atomic E-state index is -0.210. The van der Waals surface area contributed by atoms with Crippen LogP contribution >= 0.6 is 11.8 Å². The number of halogens is 1. The highest BCUT2D eigenvalue weighted by atomic mass is 32.2. The van der Waals surface area contributed by atoms with Crippen LogP contribution in [0.3, 0.4) is 0 Å². The Bertz CT molecular complexity index is 531. The van der Waals surface area contributed by atoms with Crippen molar-refractivity contribution in [3.63, 3.8) is 0 Å². The lowest BCUT2D eigenvalue weighted by molar-refractivity contribution is 0.507. The van der Waals surface area contributed by atoms with E-state index in [-0.39, 0.29) is 11.9 Å². The van der Waals surface area contributed by atoms with Crippen molar-refractivity contribution in [3.8, 4) is 0 Å². The number of aryl methyl sites for hydroxylation is 1. The van der Waals surface area contributed by atoms with Gasteiger partial charge in [-0.2, -0.15) is 0 Å². The van der Waals surface area contributed by atoms with Crippen LogP contribution in [0.1, 0.15) is 32.1 Å². The fourth-order valence-corrected chi connectivity index (χ4v) is 2.84. The molecule has 0 bridgehead atoms. The predicted molar refractivity (Wildman–Crippen MR) is 76.9 cm³/mol.